The van der Waals surface area contributed by atoms with E-state index in [-0.39, 0.29) is 13.2 Å². The zero-order valence-corrected chi connectivity index (χ0v) is 9.60. The number of hydrogen-bond acceptors (Lipinski definition) is 4. The van der Waals surface area contributed by atoms with E-state index in [1.165, 1.54) is 0 Å². The Morgan fingerprint density at radius 3 is 2.88 bits per heavy atom. The Morgan fingerprint density at radius 2 is 2.18 bits per heavy atom. The molecule has 1 rings (SSSR count). The molecule has 1 unspecified atom stereocenters. The molecule has 0 aliphatic heterocycles. The van der Waals surface area contributed by atoms with Crippen LogP contribution < -0.4 is 10.1 Å². The fourth-order valence-electron chi connectivity index (χ4n) is 1.35. The van der Waals surface area contributed by atoms with E-state index in [0.29, 0.717) is 13.1 Å². The third-order valence-corrected chi connectivity index (χ3v) is 2.19. The van der Waals surface area contributed by atoms with Gasteiger partial charge in [0.05, 0.1) is 12.7 Å². The van der Waals surface area contributed by atoms with Gasteiger partial charge in [0, 0.05) is 18.7 Å². The number of ether oxygens (including phenoxy) is 1. The van der Waals surface area contributed by atoms with Crippen LogP contribution >= 0.6 is 0 Å². The molecule has 0 radical (unpaired) electrons. The van der Waals surface area contributed by atoms with E-state index >= 15 is 0 Å². The summed E-state index contributed by atoms with van der Waals surface area (Å²) in [6, 6.07) is 7.54. The lowest BCUT2D eigenvalue weighted by atomic mass is 10.2. The van der Waals surface area contributed by atoms with Crippen molar-refractivity contribution in [1.82, 2.24) is 5.32 Å². The van der Waals surface area contributed by atoms with Gasteiger partial charge in [0.15, 0.2) is 0 Å². The summed E-state index contributed by atoms with van der Waals surface area (Å²) in [5, 5.41) is 20.9. The van der Waals surface area contributed by atoms with Gasteiger partial charge >= 0.3 is 0 Å². The first-order valence-electron chi connectivity index (χ1n) is 5.41. The minimum absolute atomic E-state index is 0.232. The second kappa shape index (κ2) is 7.69. The topological polar surface area (TPSA) is 61.7 Å². The highest BCUT2D eigenvalue weighted by Gasteiger charge is 2.04. The first-order valence-corrected chi connectivity index (χ1v) is 5.41. The third-order valence-electron chi connectivity index (χ3n) is 2.19. The van der Waals surface area contributed by atoms with Gasteiger partial charge in [-0.15, -0.1) is 6.42 Å². The quantitative estimate of drug-likeness (QED) is 0.588. The molecule has 0 aliphatic carbocycles. The highest BCUT2D eigenvalue weighted by molar-refractivity contribution is 5.33. The van der Waals surface area contributed by atoms with Gasteiger partial charge in [-0.1, -0.05) is 24.1 Å². The van der Waals surface area contributed by atoms with Crippen LogP contribution in [0.5, 0.6) is 5.75 Å². The van der Waals surface area contributed by atoms with Crippen LogP contribution in [-0.2, 0) is 6.54 Å². The van der Waals surface area contributed by atoms with Gasteiger partial charge in [-0.05, 0) is 6.07 Å². The van der Waals surface area contributed by atoms with Gasteiger partial charge in [0.25, 0.3) is 0 Å². The van der Waals surface area contributed by atoms with Crippen LogP contribution in [-0.4, -0.2) is 36.1 Å². The molecule has 1 aromatic carbocycles. The summed E-state index contributed by atoms with van der Waals surface area (Å²) in [5.41, 5.74) is 0.966. The highest BCUT2D eigenvalue weighted by Crippen LogP contribution is 2.17. The SMILES string of the molecule is C#CCOc1ccccc1CNCC(O)CO. The summed E-state index contributed by atoms with van der Waals surface area (Å²) in [6.07, 6.45) is 4.39. The van der Waals surface area contributed by atoms with Gasteiger partial charge < -0.3 is 20.3 Å². The lowest BCUT2D eigenvalue weighted by Gasteiger charge is -2.12. The molecule has 92 valence electrons. The molecule has 0 aliphatic rings. The molecule has 0 spiro atoms. The van der Waals surface area contributed by atoms with Crippen LogP contribution in [0.4, 0.5) is 0 Å². The Kier molecular flexibility index (Phi) is 6.12. The number of benzene rings is 1. The summed E-state index contributed by atoms with van der Waals surface area (Å²) < 4.78 is 5.38. The molecule has 0 saturated carbocycles. The van der Waals surface area contributed by atoms with Crippen molar-refractivity contribution in [3.8, 4) is 18.1 Å². The molecule has 0 fully saturated rings. The van der Waals surface area contributed by atoms with Crippen LogP contribution in [0.25, 0.3) is 0 Å². The van der Waals surface area contributed by atoms with Crippen molar-refractivity contribution in [3.63, 3.8) is 0 Å². The fourth-order valence-corrected chi connectivity index (χ4v) is 1.35. The van der Waals surface area contributed by atoms with Crippen molar-refractivity contribution in [2.45, 2.75) is 12.6 Å². The minimum Gasteiger partial charge on any atom is -0.481 e. The normalized spacial score (nSPS) is 11.8. The highest BCUT2D eigenvalue weighted by atomic mass is 16.5. The van der Waals surface area contributed by atoms with Crippen molar-refractivity contribution in [2.75, 3.05) is 19.8 Å². The van der Waals surface area contributed by atoms with E-state index in [2.05, 4.69) is 11.2 Å². The predicted molar refractivity (Wildman–Crippen MR) is 65.6 cm³/mol. The van der Waals surface area contributed by atoms with Crippen LogP contribution in [0, 0.1) is 12.3 Å². The second-order valence-electron chi connectivity index (χ2n) is 3.57. The molecular weight excluding hydrogens is 218 g/mol. The smallest absolute Gasteiger partial charge is 0.148 e. The van der Waals surface area contributed by atoms with Gasteiger partial charge in [-0.2, -0.15) is 0 Å². The summed E-state index contributed by atoms with van der Waals surface area (Å²) in [6.45, 7) is 0.871. The number of hydrogen-bond donors (Lipinski definition) is 3. The number of nitrogens with one attached hydrogen (secondary N) is 1. The zero-order chi connectivity index (χ0) is 12.5. The van der Waals surface area contributed by atoms with Crippen LogP contribution in [0.2, 0.25) is 0 Å². The molecule has 4 heteroatoms. The average Bonchev–Trinajstić information content (AvgIpc) is 2.37. The van der Waals surface area contributed by atoms with E-state index in [1.807, 2.05) is 24.3 Å². The number of terminal acetylenes is 1. The Balaban J connectivity index is 2.49. The Bertz CT molecular complexity index is 373. The Hall–Kier alpha value is -1.54. The van der Waals surface area contributed by atoms with Gasteiger partial charge in [0.2, 0.25) is 0 Å². The molecule has 1 aromatic rings. The zero-order valence-electron chi connectivity index (χ0n) is 9.60. The fraction of sp³-hybridized carbons (Fsp3) is 0.385. The summed E-state index contributed by atoms with van der Waals surface area (Å²) >= 11 is 0. The maximum Gasteiger partial charge on any atom is 0.148 e. The lowest BCUT2D eigenvalue weighted by molar-refractivity contribution is 0.0941. The largest absolute Gasteiger partial charge is 0.481 e. The number of para-hydroxylation sites is 1. The van der Waals surface area contributed by atoms with Crippen LogP contribution in [0.3, 0.4) is 0 Å². The summed E-state index contributed by atoms with van der Waals surface area (Å²) in [4.78, 5) is 0. The van der Waals surface area contributed by atoms with Crippen molar-refractivity contribution in [2.24, 2.45) is 0 Å². The molecule has 0 bridgehead atoms. The van der Waals surface area contributed by atoms with Gasteiger partial charge in [-0.25, -0.2) is 0 Å². The van der Waals surface area contributed by atoms with Gasteiger partial charge in [-0.3, -0.25) is 0 Å². The monoisotopic (exact) mass is 235 g/mol. The maximum absolute atomic E-state index is 9.18. The van der Waals surface area contributed by atoms with Crippen molar-refractivity contribution in [1.29, 1.82) is 0 Å². The number of aliphatic hydroxyl groups is 2. The summed E-state index contributed by atoms with van der Waals surface area (Å²) in [5.74, 6) is 3.14. The first kappa shape index (κ1) is 13.5. The molecular formula is C13H17NO3. The molecule has 0 aromatic heterocycles. The minimum atomic E-state index is -0.742. The molecule has 3 N–H and O–H groups in total. The lowest BCUT2D eigenvalue weighted by Crippen LogP contribution is -2.29. The summed E-state index contributed by atoms with van der Waals surface area (Å²) in [7, 11) is 0. The number of rotatable bonds is 7. The van der Waals surface area contributed by atoms with E-state index < -0.39 is 6.10 Å². The maximum atomic E-state index is 9.18. The molecule has 1 atom stereocenters. The molecule has 0 saturated heterocycles. The standard InChI is InChI=1S/C13H17NO3/c1-2-7-17-13-6-4-3-5-11(13)8-14-9-12(16)10-15/h1,3-6,12,14-16H,7-10H2. The van der Waals surface area contributed by atoms with Crippen molar-refractivity contribution < 1.29 is 14.9 Å². The van der Waals surface area contributed by atoms with Crippen LogP contribution in [0.1, 0.15) is 5.56 Å². The molecule has 4 nitrogen and oxygen atoms in total. The van der Waals surface area contributed by atoms with Gasteiger partial charge in [0.1, 0.15) is 12.4 Å². The number of aliphatic hydroxyl groups excluding tert-OH is 2. The average molecular weight is 235 g/mol. The van der Waals surface area contributed by atoms with E-state index in [9.17, 15) is 5.11 Å². The van der Waals surface area contributed by atoms with Crippen LogP contribution in [0.15, 0.2) is 24.3 Å². The molecule has 0 heterocycles. The van der Waals surface area contributed by atoms with Crippen molar-refractivity contribution in [3.05, 3.63) is 29.8 Å². The third kappa shape index (κ3) is 4.87. The molecule has 17 heavy (non-hydrogen) atoms. The van der Waals surface area contributed by atoms with E-state index in [4.69, 9.17) is 16.3 Å². The second-order valence-corrected chi connectivity index (χ2v) is 3.57. The van der Waals surface area contributed by atoms with Crippen molar-refractivity contribution >= 4 is 0 Å². The van der Waals surface area contributed by atoms with E-state index in [0.717, 1.165) is 11.3 Å². The predicted octanol–water partition coefficient (Wildman–Crippen LogP) is 0.141. The Labute approximate surface area is 101 Å². The Morgan fingerprint density at radius 1 is 1.41 bits per heavy atom. The first-order chi connectivity index (χ1) is 8.27. The van der Waals surface area contributed by atoms with E-state index in [1.54, 1.807) is 0 Å². The molecule has 0 amide bonds.